The van der Waals surface area contributed by atoms with Crippen LogP contribution in [-0.2, 0) is 9.53 Å². The highest BCUT2D eigenvalue weighted by atomic mass is 32.2. The molecule has 138 valence electrons. The van der Waals surface area contributed by atoms with E-state index in [2.05, 4.69) is 15.8 Å². The van der Waals surface area contributed by atoms with Crippen LogP contribution in [0.2, 0.25) is 0 Å². The highest BCUT2D eigenvalue weighted by Gasteiger charge is 2.32. The predicted molar refractivity (Wildman–Crippen MR) is 101 cm³/mol. The van der Waals surface area contributed by atoms with Crippen molar-refractivity contribution in [1.82, 2.24) is 10.6 Å². The minimum Gasteiger partial charge on any atom is -0.409 e. The first-order chi connectivity index (χ1) is 11.9. The van der Waals surface area contributed by atoms with Crippen LogP contribution >= 0.6 is 11.8 Å². The summed E-state index contributed by atoms with van der Waals surface area (Å²) in [5.41, 5.74) is 0.707. The number of thioether (sulfide) groups is 1. The van der Waals surface area contributed by atoms with Crippen molar-refractivity contribution in [3.63, 3.8) is 0 Å². The van der Waals surface area contributed by atoms with E-state index in [1.165, 1.54) is 0 Å². The molecule has 2 unspecified atom stereocenters. The number of benzene rings is 1. The van der Waals surface area contributed by atoms with Gasteiger partial charge in [-0.05, 0) is 26.3 Å². The fourth-order valence-electron chi connectivity index (χ4n) is 2.62. The van der Waals surface area contributed by atoms with Crippen molar-refractivity contribution in [1.29, 1.82) is 0 Å². The minimum atomic E-state index is -0.287. The second kappa shape index (κ2) is 9.22. The smallest absolute Gasteiger partial charge is 0.227 e. The van der Waals surface area contributed by atoms with Gasteiger partial charge in [0.05, 0.1) is 29.9 Å². The van der Waals surface area contributed by atoms with Gasteiger partial charge < -0.3 is 20.6 Å². The van der Waals surface area contributed by atoms with Crippen LogP contribution in [0.25, 0.3) is 0 Å². The molecule has 1 saturated heterocycles. The molecular weight excluding hydrogens is 338 g/mol. The Bertz CT molecular complexity index is 581. The Morgan fingerprint density at radius 2 is 2.16 bits per heavy atom. The molecule has 0 aliphatic carbocycles. The Balaban J connectivity index is 2.05. The van der Waals surface area contributed by atoms with E-state index >= 15 is 0 Å². The van der Waals surface area contributed by atoms with Crippen molar-refractivity contribution in [2.24, 2.45) is 5.16 Å². The summed E-state index contributed by atoms with van der Waals surface area (Å²) in [6.45, 7) is 7.05. The van der Waals surface area contributed by atoms with Gasteiger partial charge in [-0.1, -0.05) is 35.5 Å². The van der Waals surface area contributed by atoms with E-state index in [4.69, 9.17) is 4.74 Å². The van der Waals surface area contributed by atoms with Crippen molar-refractivity contribution in [3.05, 3.63) is 35.9 Å². The third-order valence-corrected chi connectivity index (χ3v) is 4.98. The zero-order chi connectivity index (χ0) is 18.3. The van der Waals surface area contributed by atoms with Gasteiger partial charge in [0.2, 0.25) is 5.91 Å². The van der Waals surface area contributed by atoms with Crippen LogP contribution in [0, 0.1) is 0 Å². The molecule has 3 N–H and O–H groups in total. The summed E-state index contributed by atoms with van der Waals surface area (Å²) in [5, 5.41) is 19.1. The third kappa shape index (κ3) is 6.34. The Morgan fingerprint density at radius 1 is 1.44 bits per heavy atom. The van der Waals surface area contributed by atoms with Crippen molar-refractivity contribution < 1.29 is 14.7 Å². The molecule has 1 aliphatic rings. The van der Waals surface area contributed by atoms with Gasteiger partial charge in [0.1, 0.15) is 0 Å². The van der Waals surface area contributed by atoms with Crippen molar-refractivity contribution >= 4 is 23.5 Å². The Labute approximate surface area is 153 Å². The minimum absolute atomic E-state index is 0.0550. The lowest BCUT2D eigenvalue weighted by atomic mass is 9.97. The number of nitrogens with one attached hydrogen (secondary N) is 2. The monoisotopic (exact) mass is 365 g/mol. The molecule has 1 fully saturated rings. The molecule has 6 nitrogen and oxygen atoms in total. The van der Waals surface area contributed by atoms with Gasteiger partial charge in [0, 0.05) is 12.3 Å². The van der Waals surface area contributed by atoms with Crippen molar-refractivity contribution in [2.75, 3.05) is 18.9 Å². The number of oxime groups is 1. The van der Waals surface area contributed by atoms with Gasteiger partial charge in [-0.15, -0.1) is 11.8 Å². The molecule has 25 heavy (non-hydrogen) atoms. The number of amidine groups is 1. The van der Waals surface area contributed by atoms with Crippen LogP contribution in [0.3, 0.4) is 0 Å². The van der Waals surface area contributed by atoms with Crippen LogP contribution in [0.5, 0.6) is 0 Å². The fraction of sp³-hybridized carbons (Fsp3) is 0.556. The molecule has 0 radical (unpaired) electrons. The van der Waals surface area contributed by atoms with Gasteiger partial charge >= 0.3 is 0 Å². The molecule has 0 spiro atoms. The van der Waals surface area contributed by atoms with E-state index in [-0.39, 0.29) is 35.1 Å². The Hall–Kier alpha value is -1.57. The molecule has 0 saturated carbocycles. The Morgan fingerprint density at radius 3 is 2.72 bits per heavy atom. The molecule has 1 aromatic rings. The lowest BCUT2D eigenvalue weighted by molar-refractivity contribution is -0.122. The maximum absolute atomic E-state index is 12.2. The summed E-state index contributed by atoms with van der Waals surface area (Å²) in [6, 6.07) is 9.77. The van der Waals surface area contributed by atoms with E-state index < -0.39 is 0 Å². The number of carbonyl (C=O) groups is 1. The summed E-state index contributed by atoms with van der Waals surface area (Å²) in [6.07, 6.45) is 0.211. The summed E-state index contributed by atoms with van der Waals surface area (Å²) in [7, 11) is 0. The van der Waals surface area contributed by atoms with E-state index in [9.17, 15) is 10.0 Å². The lowest BCUT2D eigenvalue weighted by Crippen LogP contribution is -2.42. The van der Waals surface area contributed by atoms with Crippen LogP contribution < -0.4 is 10.6 Å². The summed E-state index contributed by atoms with van der Waals surface area (Å²) in [5.74, 6) is 0.797. The van der Waals surface area contributed by atoms with Crippen molar-refractivity contribution in [3.8, 4) is 0 Å². The van der Waals surface area contributed by atoms with Crippen LogP contribution in [0.15, 0.2) is 35.5 Å². The quantitative estimate of drug-likeness (QED) is 0.312. The van der Waals surface area contributed by atoms with Crippen LogP contribution in [0.1, 0.15) is 38.7 Å². The van der Waals surface area contributed by atoms with Crippen LogP contribution in [-0.4, -0.2) is 46.8 Å². The number of ether oxygens (including phenoxy) is 1. The lowest BCUT2D eigenvalue weighted by Gasteiger charge is -2.25. The van der Waals surface area contributed by atoms with Gasteiger partial charge in [-0.3, -0.25) is 4.79 Å². The maximum atomic E-state index is 12.2. The number of carbonyl (C=O) groups excluding carboxylic acids is 1. The molecular formula is C18H27N3O3S. The second-order valence-electron chi connectivity index (χ2n) is 6.88. The standard InChI is InChI=1S/C18H27N3O3S/c1-18(2,3)24-11-9-14(22)20-16(21-23)15(17-19-10-12-25-17)13-7-5-4-6-8-13/h4-8,15,17,19,23H,9-12H2,1-3H3,(H,20,21,22). The SMILES string of the molecule is CC(C)(C)OCCC(=O)N/C(=N/O)C(c1ccccc1)C1NCCS1. The average molecular weight is 365 g/mol. The largest absolute Gasteiger partial charge is 0.409 e. The highest BCUT2D eigenvalue weighted by Crippen LogP contribution is 2.30. The number of rotatable bonds is 6. The number of hydrogen-bond donors (Lipinski definition) is 3. The first-order valence-electron chi connectivity index (χ1n) is 8.46. The van der Waals surface area contributed by atoms with Crippen molar-refractivity contribution in [2.45, 2.75) is 44.1 Å². The molecule has 1 aromatic carbocycles. The Kier molecular flexibility index (Phi) is 7.28. The molecule has 0 bridgehead atoms. The molecule has 2 atom stereocenters. The van der Waals surface area contributed by atoms with E-state index in [0.29, 0.717) is 6.61 Å². The number of nitrogens with zero attached hydrogens (tertiary/aromatic N) is 1. The molecule has 1 amide bonds. The first kappa shape index (κ1) is 19.8. The maximum Gasteiger partial charge on any atom is 0.227 e. The zero-order valence-electron chi connectivity index (χ0n) is 15.0. The first-order valence-corrected chi connectivity index (χ1v) is 9.51. The molecule has 0 aromatic heterocycles. The zero-order valence-corrected chi connectivity index (χ0v) is 15.8. The second-order valence-corrected chi connectivity index (χ2v) is 8.13. The number of amides is 1. The summed E-state index contributed by atoms with van der Waals surface area (Å²) >= 11 is 1.76. The topological polar surface area (TPSA) is 83.0 Å². The summed E-state index contributed by atoms with van der Waals surface area (Å²) < 4.78 is 5.58. The highest BCUT2D eigenvalue weighted by molar-refractivity contribution is 8.00. The molecule has 1 aliphatic heterocycles. The molecule has 1 heterocycles. The normalized spacial score (nSPS) is 19.6. The van der Waals surface area contributed by atoms with E-state index in [0.717, 1.165) is 17.9 Å². The summed E-state index contributed by atoms with van der Waals surface area (Å²) in [4.78, 5) is 12.2. The molecule has 7 heteroatoms. The number of hydrogen-bond acceptors (Lipinski definition) is 6. The van der Waals surface area contributed by atoms with Gasteiger partial charge in [0.15, 0.2) is 5.84 Å². The van der Waals surface area contributed by atoms with E-state index in [1.54, 1.807) is 11.8 Å². The fourth-order valence-corrected chi connectivity index (χ4v) is 3.82. The van der Waals surface area contributed by atoms with Crippen LogP contribution in [0.4, 0.5) is 0 Å². The molecule has 2 rings (SSSR count). The van der Waals surface area contributed by atoms with Gasteiger partial charge in [-0.2, -0.15) is 0 Å². The van der Waals surface area contributed by atoms with E-state index in [1.807, 2.05) is 51.1 Å². The average Bonchev–Trinajstić information content (AvgIpc) is 3.08. The van der Waals surface area contributed by atoms with Gasteiger partial charge in [0.25, 0.3) is 0 Å². The van der Waals surface area contributed by atoms with Gasteiger partial charge in [-0.25, -0.2) is 0 Å². The predicted octanol–water partition coefficient (Wildman–Crippen LogP) is 2.54. The third-order valence-electron chi connectivity index (χ3n) is 3.74.